The van der Waals surface area contributed by atoms with E-state index in [-0.39, 0.29) is 46.6 Å². The summed E-state index contributed by atoms with van der Waals surface area (Å²) in [6.07, 6.45) is 6.87. The Labute approximate surface area is 175 Å². The molecule has 0 bridgehead atoms. The number of hydrogen-bond acceptors (Lipinski definition) is 4. The fourth-order valence-corrected chi connectivity index (χ4v) is 8.49. The predicted molar refractivity (Wildman–Crippen MR) is 112 cm³/mol. The minimum Gasteiger partial charge on any atom is -0.393 e. The maximum absolute atomic E-state index is 13.7. The van der Waals surface area contributed by atoms with E-state index >= 15 is 0 Å². The second-order valence-corrected chi connectivity index (χ2v) is 11.5. The number of rotatable bonds is 4. The molecule has 0 spiro atoms. The molecule has 4 unspecified atom stereocenters. The molecule has 4 saturated carbocycles. The summed E-state index contributed by atoms with van der Waals surface area (Å²) < 4.78 is 0. The molecule has 164 valence electrons. The number of carbonyl (C=O) groups excluding carboxylic acids is 2. The van der Waals surface area contributed by atoms with Gasteiger partial charge in [-0.2, -0.15) is 0 Å². The standard InChI is InChI=1S/C25H40O4/c1-14(5-6-15(2)26)18-7-8-19-23-20(13-22(29)25(18,19)4)24(3)10-9-17(27)11-16(24)12-21(23)28/h14,16-21,23,27-28H,5-13H2,1-4H3/t14-,16?,17-,18-,19?,20?,21-,23?,24+,25-/m1/s1. The molecule has 0 radical (unpaired) electrons. The summed E-state index contributed by atoms with van der Waals surface area (Å²) in [7, 11) is 0. The van der Waals surface area contributed by atoms with E-state index < -0.39 is 0 Å². The molecule has 4 heteroatoms. The minimum absolute atomic E-state index is 0.0679. The van der Waals surface area contributed by atoms with Crippen LogP contribution in [-0.4, -0.2) is 34.0 Å². The zero-order chi connectivity index (χ0) is 21.1. The van der Waals surface area contributed by atoms with Gasteiger partial charge in [0.25, 0.3) is 0 Å². The van der Waals surface area contributed by atoms with Crippen molar-refractivity contribution < 1.29 is 19.8 Å². The quantitative estimate of drug-likeness (QED) is 0.738. The smallest absolute Gasteiger partial charge is 0.139 e. The fraction of sp³-hybridized carbons (Fsp3) is 0.920. The first-order valence-electron chi connectivity index (χ1n) is 12.0. The zero-order valence-electron chi connectivity index (χ0n) is 18.7. The highest BCUT2D eigenvalue weighted by molar-refractivity contribution is 5.87. The van der Waals surface area contributed by atoms with Crippen molar-refractivity contribution in [3.05, 3.63) is 0 Å². The summed E-state index contributed by atoms with van der Waals surface area (Å²) >= 11 is 0. The Morgan fingerprint density at radius 3 is 2.55 bits per heavy atom. The molecule has 10 atom stereocenters. The minimum atomic E-state index is -0.355. The average Bonchev–Trinajstić information content (AvgIpc) is 3.01. The van der Waals surface area contributed by atoms with Gasteiger partial charge in [0.1, 0.15) is 11.6 Å². The van der Waals surface area contributed by atoms with Crippen LogP contribution in [0.3, 0.4) is 0 Å². The lowest BCUT2D eigenvalue weighted by atomic mass is 9.43. The van der Waals surface area contributed by atoms with E-state index in [1.165, 1.54) is 0 Å². The van der Waals surface area contributed by atoms with Gasteiger partial charge in [0.05, 0.1) is 12.2 Å². The van der Waals surface area contributed by atoms with Gasteiger partial charge in [-0.3, -0.25) is 4.79 Å². The van der Waals surface area contributed by atoms with E-state index in [4.69, 9.17) is 0 Å². The Kier molecular flexibility index (Phi) is 5.51. The van der Waals surface area contributed by atoms with Crippen LogP contribution in [-0.2, 0) is 9.59 Å². The van der Waals surface area contributed by atoms with Gasteiger partial charge in [0.2, 0.25) is 0 Å². The Morgan fingerprint density at radius 2 is 1.86 bits per heavy atom. The molecule has 0 heterocycles. The first-order chi connectivity index (χ1) is 13.6. The molecule has 0 aromatic rings. The molecule has 0 amide bonds. The summed E-state index contributed by atoms with van der Waals surface area (Å²) in [5.74, 6) is 2.37. The highest BCUT2D eigenvalue weighted by Crippen LogP contribution is 2.67. The Morgan fingerprint density at radius 1 is 1.14 bits per heavy atom. The largest absolute Gasteiger partial charge is 0.393 e. The van der Waals surface area contributed by atoms with Crippen molar-refractivity contribution in [2.75, 3.05) is 0 Å². The Bertz CT molecular complexity index is 674. The normalized spacial score (nSPS) is 50.4. The van der Waals surface area contributed by atoms with Gasteiger partial charge in [0.15, 0.2) is 0 Å². The molecule has 0 aromatic heterocycles. The average molecular weight is 405 g/mol. The predicted octanol–water partition coefficient (Wildman–Crippen LogP) is 4.16. The van der Waals surface area contributed by atoms with Crippen molar-refractivity contribution in [2.24, 2.45) is 46.3 Å². The molecule has 4 rings (SSSR count). The first-order valence-corrected chi connectivity index (χ1v) is 12.0. The van der Waals surface area contributed by atoms with Crippen LogP contribution in [0.25, 0.3) is 0 Å². The van der Waals surface area contributed by atoms with Gasteiger partial charge in [0, 0.05) is 18.3 Å². The maximum atomic E-state index is 13.7. The highest BCUT2D eigenvalue weighted by atomic mass is 16.3. The summed E-state index contributed by atoms with van der Waals surface area (Å²) in [4.78, 5) is 25.2. The molecular weight excluding hydrogens is 364 g/mol. The van der Waals surface area contributed by atoms with Crippen molar-refractivity contribution in [2.45, 2.75) is 97.7 Å². The molecule has 4 nitrogen and oxygen atoms in total. The molecule has 2 N–H and O–H groups in total. The van der Waals surface area contributed by atoms with Gasteiger partial charge in [-0.25, -0.2) is 0 Å². The van der Waals surface area contributed by atoms with Crippen LogP contribution >= 0.6 is 0 Å². The molecule has 4 aliphatic carbocycles. The third-order valence-electron chi connectivity index (χ3n) is 10.2. The van der Waals surface area contributed by atoms with E-state index in [2.05, 4.69) is 20.8 Å². The lowest BCUT2D eigenvalue weighted by molar-refractivity contribution is -0.181. The molecule has 0 saturated heterocycles. The maximum Gasteiger partial charge on any atom is 0.139 e. The van der Waals surface area contributed by atoms with Crippen LogP contribution in [0, 0.1) is 46.3 Å². The molecule has 29 heavy (non-hydrogen) atoms. The summed E-state index contributed by atoms with van der Waals surface area (Å²) in [5, 5.41) is 21.5. The van der Waals surface area contributed by atoms with Crippen LogP contribution in [0.1, 0.15) is 85.5 Å². The van der Waals surface area contributed by atoms with E-state index in [9.17, 15) is 19.8 Å². The third kappa shape index (κ3) is 3.24. The van der Waals surface area contributed by atoms with Crippen LogP contribution in [0.2, 0.25) is 0 Å². The van der Waals surface area contributed by atoms with Crippen LogP contribution in [0.15, 0.2) is 0 Å². The van der Waals surface area contributed by atoms with E-state index in [1.807, 2.05) is 0 Å². The lowest BCUT2D eigenvalue weighted by Crippen LogP contribution is -2.61. The second kappa shape index (κ2) is 7.44. The van der Waals surface area contributed by atoms with Crippen LogP contribution in [0.5, 0.6) is 0 Å². The second-order valence-electron chi connectivity index (χ2n) is 11.5. The molecule has 4 aliphatic rings. The number of hydrogen-bond donors (Lipinski definition) is 2. The van der Waals surface area contributed by atoms with Crippen molar-refractivity contribution in [1.29, 1.82) is 0 Å². The van der Waals surface area contributed by atoms with Gasteiger partial charge in [-0.05, 0) is 92.8 Å². The van der Waals surface area contributed by atoms with Crippen molar-refractivity contribution >= 4 is 11.6 Å². The Hall–Kier alpha value is -0.740. The van der Waals surface area contributed by atoms with Gasteiger partial charge >= 0.3 is 0 Å². The summed E-state index contributed by atoms with van der Waals surface area (Å²) in [6.45, 7) is 8.39. The molecule has 4 fully saturated rings. The molecular formula is C25H40O4. The molecule has 0 aromatic carbocycles. The van der Waals surface area contributed by atoms with Crippen molar-refractivity contribution in [1.82, 2.24) is 0 Å². The molecule has 0 aliphatic heterocycles. The number of fused-ring (bicyclic) bond motifs is 5. The number of aliphatic hydroxyl groups is 2. The number of carbonyl (C=O) groups is 2. The van der Waals surface area contributed by atoms with E-state index in [0.29, 0.717) is 36.4 Å². The van der Waals surface area contributed by atoms with E-state index in [1.54, 1.807) is 6.92 Å². The number of aliphatic hydroxyl groups excluding tert-OH is 2. The lowest BCUT2D eigenvalue weighted by Gasteiger charge is -2.61. The number of Topliss-reactive ketones (excluding diaryl/α,β-unsaturated/α-hetero) is 2. The third-order valence-corrected chi connectivity index (χ3v) is 10.2. The van der Waals surface area contributed by atoms with E-state index in [0.717, 1.165) is 44.9 Å². The fourth-order valence-electron chi connectivity index (χ4n) is 8.49. The summed E-state index contributed by atoms with van der Waals surface area (Å²) in [5.41, 5.74) is -0.284. The summed E-state index contributed by atoms with van der Waals surface area (Å²) in [6, 6.07) is 0. The first kappa shape index (κ1) is 21.5. The SMILES string of the molecule is CC(=O)CC[C@@H](C)[C@H]1CCC2C3C(CC(=O)[C@@]21C)[C@@]1(C)CC[C@@H](O)CC1C[C@H]3O. The monoisotopic (exact) mass is 404 g/mol. The van der Waals surface area contributed by atoms with Gasteiger partial charge in [-0.1, -0.05) is 20.8 Å². The van der Waals surface area contributed by atoms with Gasteiger partial charge < -0.3 is 15.0 Å². The highest BCUT2D eigenvalue weighted by Gasteiger charge is 2.65. The van der Waals surface area contributed by atoms with Crippen LogP contribution < -0.4 is 0 Å². The van der Waals surface area contributed by atoms with Crippen LogP contribution in [0.4, 0.5) is 0 Å². The Balaban J connectivity index is 1.62. The van der Waals surface area contributed by atoms with Crippen molar-refractivity contribution in [3.63, 3.8) is 0 Å². The van der Waals surface area contributed by atoms with Gasteiger partial charge in [-0.15, -0.1) is 0 Å². The topological polar surface area (TPSA) is 74.6 Å². The van der Waals surface area contributed by atoms with Crippen molar-refractivity contribution in [3.8, 4) is 0 Å². The number of ketones is 2. The zero-order valence-corrected chi connectivity index (χ0v) is 18.7.